The summed E-state index contributed by atoms with van der Waals surface area (Å²) in [6.45, 7) is 7.64. The van der Waals surface area contributed by atoms with Crippen LogP contribution in [0.1, 0.15) is 33.3 Å². The summed E-state index contributed by atoms with van der Waals surface area (Å²) in [5.74, 6) is 0. The summed E-state index contributed by atoms with van der Waals surface area (Å²) in [6.07, 6.45) is 0. The third-order valence-corrected chi connectivity index (χ3v) is 4.02. The quantitative estimate of drug-likeness (QED) is 0.766. The predicted octanol–water partition coefficient (Wildman–Crippen LogP) is 3.72. The van der Waals surface area contributed by atoms with E-state index in [2.05, 4.69) is 20.3 Å². The molecule has 1 aromatic carbocycles. The van der Waals surface area contributed by atoms with Crippen LogP contribution < -0.4 is 0 Å². The summed E-state index contributed by atoms with van der Waals surface area (Å²) >= 11 is 3.38. The minimum absolute atomic E-state index is 0.309. The monoisotopic (exact) mass is 301 g/mol. The molecule has 4 heteroatoms. The Balaban J connectivity index is 2.94. The Morgan fingerprint density at radius 2 is 1.75 bits per heavy atom. The Morgan fingerprint density at radius 1 is 1.25 bits per heavy atom. The lowest BCUT2D eigenvalue weighted by molar-refractivity contribution is 0.650. The highest BCUT2D eigenvalue weighted by molar-refractivity contribution is 9.10. The highest BCUT2D eigenvalue weighted by Crippen LogP contribution is 2.15. The van der Waals surface area contributed by atoms with Gasteiger partial charge in [-0.25, -0.2) is 4.21 Å². The molecule has 0 saturated carbocycles. The lowest BCUT2D eigenvalue weighted by Gasteiger charge is -2.14. The van der Waals surface area contributed by atoms with E-state index < -0.39 is 11.0 Å². The van der Waals surface area contributed by atoms with E-state index in [0.717, 1.165) is 15.7 Å². The molecule has 88 valence electrons. The number of hydrogen-bond acceptors (Lipinski definition) is 1. The fourth-order valence-corrected chi connectivity index (χ4v) is 1.90. The van der Waals surface area contributed by atoms with E-state index in [4.69, 9.17) is 0 Å². The lowest BCUT2D eigenvalue weighted by atomic mass is 10.1. The second kappa shape index (κ2) is 5.23. The van der Waals surface area contributed by atoms with Crippen LogP contribution in [0, 0.1) is 0 Å². The van der Waals surface area contributed by atoms with Gasteiger partial charge in [-0.05, 0) is 45.4 Å². The summed E-state index contributed by atoms with van der Waals surface area (Å²) in [6, 6.07) is 7.83. The van der Waals surface area contributed by atoms with Gasteiger partial charge in [0.15, 0.2) is 0 Å². The Morgan fingerprint density at radius 3 is 2.19 bits per heavy atom. The van der Waals surface area contributed by atoms with Crippen molar-refractivity contribution < 1.29 is 4.21 Å². The number of hydrogen-bond donors (Lipinski definition) is 0. The van der Waals surface area contributed by atoms with Gasteiger partial charge in [-0.1, -0.05) is 28.1 Å². The molecule has 1 aromatic rings. The highest BCUT2D eigenvalue weighted by Gasteiger charge is 2.19. The molecule has 1 unspecified atom stereocenters. The normalized spacial score (nSPS) is 14.9. The average Bonchev–Trinajstić information content (AvgIpc) is 2.17. The zero-order valence-electron chi connectivity index (χ0n) is 9.95. The highest BCUT2D eigenvalue weighted by atomic mass is 79.9. The van der Waals surface area contributed by atoms with Gasteiger partial charge in [0.25, 0.3) is 0 Å². The molecule has 0 spiro atoms. The molecule has 2 nitrogen and oxygen atoms in total. The van der Waals surface area contributed by atoms with E-state index >= 15 is 0 Å². The van der Waals surface area contributed by atoms with Crippen molar-refractivity contribution in [2.45, 2.75) is 32.4 Å². The molecule has 0 radical (unpaired) electrons. The van der Waals surface area contributed by atoms with Crippen molar-refractivity contribution >= 4 is 32.6 Å². The average molecular weight is 302 g/mol. The van der Waals surface area contributed by atoms with E-state index in [1.807, 2.05) is 52.0 Å². The zero-order chi connectivity index (χ0) is 12.3. The second-order valence-corrected chi connectivity index (χ2v) is 7.37. The van der Waals surface area contributed by atoms with Crippen molar-refractivity contribution in [2.75, 3.05) is 0 Å². The molecule has 0 aliphatic carbocycles. The summed E-state index contributed by atoms with van der Waals surface area (Å²) < 4.78 is 16.8. The van der Waals surface area contributed by atoms with Crippen LogP contribution in [0.15, 0.2) is 33.1 Å². The topological polar surface area (TPSA) is 29.4 Å². The third-order valence-electron chi connectivity index (χ3n) is 2.01. The van der Waals surface area contributed by atoms with E-state index in [9.17, 15) is 4.21 Å². The second-order valence-electron chi connectivity index (χ2n) is 4.55. The Kier molecular flexibility index (Phi) is 4.44. The first kappa shape index (κ1) is 13.6. The van der Waals surface area contributed by atoms with E-state index in [1.165, 1.54) is 0 Å². The Bertz CT molecular complexity index is 418. The summed E-state index contributed by atoms with van der Waals surface area (Å²) in [7, 11) is -1.20. The molecule has 1 rings (SSSR count). The first-order valence-corrected chi connectivity index (χ1v) is 6.94. The molecule has 0 fully saturated rings. The first-order chi connectivity index (χ1) is 7.30. The SMILES string of the molecule is C/C(=N/S(=O)C(C)(C)C)c1ccc(Br)cc1. The molecule has 0 bridgehead atoms. The maximum atomic E-state index is 11.8. The van der Waals surface area contributed by atoms with Crippen LogP contribution in [-0.4, -0.2) is 14.7 Å². The molecular formula is C12H16BrNOS. The van der Waals surface area contributed by atoms with Gasteiger partial charge in [-0.3, -0.25) is 0 Å². The molecule has 0 N–H and O–H groups in total. The van der Waals surface area contributed by atoms with Crippen molar-refractivity contribution in [3.05, 3.63) is 34.3 Å². The first-order valence-electron chi connectivity index (χ1n) is 5.04. The molecule has 0 aromatic heterocycles. The van der Waals surface area contributed by atoms with Gasteiger partial charge < -0.3 is 0 Å². The van der Waals surface area contributed by atoms with Crippen molar-refractivity contribution in [2.24, 2.45) is 4.40 Å². The lowest BCUT2D eigenvalue weighted by Crippen LogP contribution is -2.20. The summed E-state index contributed by atoms with van der Waals surface area (Å²) in [5.41, 5.74) is 1.81. The summed E-state index contributed by atoms with van der Waals surface area (Å²) in [4.78, 5) is 0. The minimum atomic E-state index is -1.20. The standard InChI is InChI=1S/C12H16BrNOS/c1-9(14-16(15)12(2,3)4)10-5-7-11(13)8-6-10/h5-8H,1-4H3/b14-9-. The summed E-state index contributed by atoms with van der Waals surface area (Å²) in [5, 5.41) is 0. The van der Waals surface area contributed by atoms with Gasteiger partial charge in [0.1, 0.15) is 11.0 Å². The van der Waals surface area contributed by atoms with Gasteiger partial charge in [-0.15, -0.1) is 0 Å². The van der Waals surface area contributed by atoms with Gasteiger partial charge in [0, 0.05) is 4.47 Å². The number of rotatable bonds is 2. The fraction of sp³-hybridized carbons (Fsp3) is 0.417. The van der Waals surface area contributed by atoms with Crippen molar-refractivity contribution in [1.29, 1.82) is 0 Å². The van der Waals surface area contributed by atoms with E-state index in [-0.39, 0.29) is 4.75 Å². The molecular weight excluding hydrogens is 286 g/mol. The van der Waals surface area contributed by atoms with Crippen molar-refractivity contribution in [1.82, 2.24) is 0 Å². The van der Waals surface area contributed by atoms with Crippen LogP contribution >= 0.6 is 15.9 Å². The smallest absolute Gasteiger partial charge is 0.145 e. The van der Waals surface area contributed by atoms with Crippen LogP contribution in [0.25, 0.3) is 0 Å². The Hall–Kier alpha value is -0.480. The van der Waals surface area contributed by atoms with Crippen LogP contribution in [-0.2, 0) is 11.0 Å². The van der Waals surface area contributed by atoms with Gasteiger partial charge in [-0.2, -0.15) is 4.40 Å². The largest absolute Gasteiger partial charge is 0.234 e. The molecule has 0 saturated heterocycles. The molecule has 16 heavy (non-hydrogen) atoms. The number of nitrogens with zero attached hydrogens (tertiary/aromatic N) is 1. The zero-order valence-corrected chi connectivity index (χ0v) is 12.4. The molecule has 0 amide bonds. The number of benzene rings is 1. The fourth-order valence-electron chi connectivity index (χ4n) is 1.01. The maximum Gasteiger partial charge on any atom is 0.145 e. The van der Waals surface area contributed by atoms with Crippen LogP contribution in [0.2, 0.25) is 0 Å². The van der Waals surface area contributed by atoms with Gasteiger partial charge in [0.05, 0.1) is 10.5 Å². The van der Waals surface area contributed by atoms with Gasteiger partial charge in [0.2, 0.25) is 0 Å². The molecule has 0 heterocycles. The van der Waals surface area contributed by atoms with Crippen LogP contribution in [0.3, 0.4) is 0 Å². The van der Waals surface area contributed by atoms with Crippen LogP contribution in [0.4, 0.5) is 0 Å². The van der Waals surface area contributed by atoms with Crippen LogP contribution in [0.5, 0.6) is 0 Å². The molecule has 0 aliphatic heterocycles. The van der Waals surface area contributed by atoms with Gasteiger partial charge >= 0.3 is 0 Å². The van der Waals surface area contributed by atoms with E-state index in [1.54, 1.807) is 0 Å². The minimum Gasteiger partial charge on any atom is -0.234 e. The Labute approximate surface area is 108 Å². The van der Waals surface area contributed by atoms with Crippen molar-refractivity contribution in [3.8, 4) is 0 Å². The third kappa shape index (κ3) is 3.83. The predicted molar refractivity (Wildman–Crippen MR) is 74.2 cm³/mol. The molecule has 0 aliphatic rings. The maximum absolute atomic E-state index is 11.8. The number of halogens is 1. The van der Waals surface area contributed by atoms with Crippen molar-refractivity contribution in [3.63, 3.8) is 0 Å². The molecule has 1 atom stereocenters. The van der Waals surface area contributed by atoms with E-state index in [0.29, 0.717) is 0 Å².